The maximum Gasteiger partial charge on any atom is 0.275 e. The molecule has 1 amide bonds. The normalized spacial score (nSPS) is 12.2. The third-order valence-electron chi connectivity index (χ3n) is 4.88. The van der Waals surface area contributed by atoms with Crippen LogP contribution < -0.4 is 15.8 Å². The second-order valence-corrected chi connectivity index (χ2v) is 8.67. The van der Waals surface area contributed by atoms with E-state index in [-0.39, 0.29) is 24.7 Å². The van der Waals surface area contributed by atoms with Gasteiger partial charge in [0.1, 0.15) is 10.7 Å². The largest absolute Gasteiger partial charge is 0.474 e. The van der Waals surface area contributed by atoms with Crippen LogP contribution in [0.2, 0.25) is 0 Å². The van der Waals surface area contributed by atoms with Crippen LogP contribution in [-0.4, -0.2) is 49.5 Å². The van der Waals surface area contributed by atoms with E-state index in [2.05, 4.69) is 20.4 Å². The highest BCUT2D eigenvalue weighted by molar-refractivity contribution is 7.13. The summed E-state index contributed by atoms with van der Waals surface area (Å²) in [5, 5.41) is 18.6. The van der Waals surface area contributed by atoms with Gasteiger partial charge >= 0.3 is 0 Å². The van der Waals surface area contributed by atoms with Crippen LogP contribution in [0.25, 0.3) is 10.6 Å². The van der Waals surface area contributed by atoms with Crippen LogP contribution in [0.3, 0.4) is 0 Å². The molecule has 0 radical (unpaired) electrons. The third-order valence-corrected chi connectivity index (χ3v) is 5.76. The van der Waals surface area contributed by atoms with Crippen molar-refractivity contribution in [2.45, 2.75) is 51.7 Å². The molecule has 3 aromatic rings. The topological polar surface area (TPSA) is 128 Å². The zero-order chi connectivity index (χ0) is 23.1. The number of ether oxygens (including phenoxy) is 1. The maximum atomic E-state index is 12.9. The van der Waals surface area contributed by atoms with Gasteiger partial charge in [-0.05, 0) is 51.7 Å². The Kier molecular flexibility index (Phi) is 8.32. The van der Waals surface area contributed by atoms with E-state index < -0.39 is 0 Å². The van der Waals surface area contributed by atoms with Gasteiger partial charge in [0.05, 0.1) is 29.2 Å². The SMILES string of the molecule is CC(C)Oc1ncccc1-c1nc(C(=O)Nc2cnn(C)c2CCC[C@@H](N)CCO)cs1. The predicted octanol–water partition coefficient (Wildman–Crippen LogP) is 3.01. The summed E-state index contributed by atoms with van der Waals surface area (Å²) < 4.78 is 7.53. The van der Waals surface area contributed by atoms with E-state index in [1.54, 1.807) is 22.5 Å². The van der Waals surface area contributed by atoms with Crippen molar-refractivity contribution in [3.63, 3.8) is 0 Å². The van der Waals surface area contributed by atoms with Crippen molar-refractivity contribution in [2.75, 3.05) is 11.9 Å². The number of nitrogens with one attached hydrogen (secondary N) is 1. The Morgan fingerprint density at radius 2 is 2.19 bits per heavy atom. The quantitative estimate of drug-likeness (QED) is 0.403. The zero-order valence-electron chi connectivity index (χ0n) is 18.6. The number of hydrogen-bond acceptors (Lipinski definition) is 8. The predicted molar refractivity (Wildman–Crippen MR) is 125 cm³/mol. The molecule has 9 nitrogen and oxygen atoms in total. The van der Waals surface area contributed by atoms with E-state index in [0.29, 0.717) is 28.7 Å². The molecule has 10 heteroatoms. The fraction of sp³-hybridized carbons (Fsp3) is 0.455. The molecule has 0 bridgehead atoms. The highest BCUT2D eigenvalue weighted by atomic mass is 32.1. The van der Waals surface area contributed by atoms with Crippen LogP contribution >= 0.6 is 11.3 Å². The molecular formula is C22H30N6O3S. The van der Waals surface area contributed by atoms with E-state index in [9.17, 15) is 4.79 Å². The Labute approximate surface area is 191 Å². The molecule has 0 aliphatic heterocycles. The van der Waals surface area contributed by atoms with Crippen molar-refractivity contribution in [1.29, 1.82) is 0 Å². The summed E-state index contributed by atoms with van der Waals surface area (Å²) in [6, 6.07) is 3.67. The minimum atomic E-state index is -0.297. The molecule has 32 heavy (non-hydrogen) atoms. The molecule has 0 unspecified atom stereocenters. The fourth-order valence-corrected chi connectivity index (χ4v) is 4.08. The van der Waals surface area contributed by atoms with Crippen LogP contribution in [0, 0.1) is 0 Å². The van der Waals surface area contributed by atoms with Gasteiger partial charge in [-0.15, -0.1) is 11.3 Å². The maximum absolute atomic E-state index is 12.9. The number of nitrogens with zero attached hydrogens (tertiary/aromatic N) is 4. The summed E-state index contributed by atoms with van der Waals surface area (Å²) in [5.41, 5.74) is 8.63. The first kappa shape index (κ1) is 23.8. The molecule has 0 aliphatic carbocycles. The number of amides is 1. The number of pyridine rings is 1. The number of thiazole rings is 1. The molecular weight excluding hydrogens is 428 g/mol. The van der Waals surface area contributed by atoms with Crippen molar-refractivity contribution in [2.24, 2.45) is 12.8 Å². The van der Waals surface area contributed by atoms with Gasteiger partial charge in [-0.25, -0.2) is 9.97 Å². The van der Waals surface area contributed by atoms with Gasteiger partial charge in [0.25, 0.3) is 5.91 Å². The lowest BCUT2D eigenvalue weighted by Crippen LogP contribution is -2.21. The van der Waals surface area contributed by atoms with E-state index in [0.717, 1.165) is 30.5 Å². The number of nitrogens with two attached hydrogens (primary N) is 1. The summed E-state index contributed by atoms with van der Waals surface area (Å²) >= 11 is 1.37. The highest BCUT2D eigenvalue weighted by Gasteiger charge is 2.18. The molecule has 3 heterocycles. The Morgan fingerprint density at radius 1 is 1.38 bits per heavy atom. The van der Waals surface area contributed by atoms with E-state index >= 15 is 0 Å². The Balaban J connectivity index is 1.69. The molecule has 3 rings (SSSR count). The van der Waals surface area contributed by atoms with Gasteiger partial charge in [0, 0.05) is 31.3 Å². The van der Waals surface area contributed by atoms with Crippen molar-refractivity contribution in [3.05, 3.63) is 41.3 Å². The highest BCUT2D eigenvalue weighted by Crippen LogP contribution is 2.31. The van der Waals surface area contributed by atoms with Gasteiger partial charge in [-0.1, -0.05) is 0 Å². The third kappa shape index (κ3) is 6.12. The lowest BCUT2D eigenvalue weighted by Gasteiger charge is -2.11. The summed E-state index contributed by atoms with van der Waals surface area (Å²) in [6.45, 7) is 3.96. The summed E-state index contributed by atoms with van der Waals surface area (Å²) in [6.07, 6.45) is 6.23. The van der Waals surface area contributed by atoms with Gasteiger partial charge in [-0.2, -0.15) is 5.10 Å². The van der Waals surface area contributed by atoms with Crippen molar-refractivity contribution in [1.82, 2.24) is 19.7 Å². The number of carbonyl (C=O) groups is 1. The molecule has 0 saturated heterocycles. The number of anilines is 1. The Morgan fingerprint density at radius 3 is 2.94 bits per heavy atom. The average molecular weight is 459 g/mol. The van der Waals surface area contributed by atoms with Crippen molar-refractivity contribution >= 4 is 22.9 Å². The van der Waals surface area contributed by atoms with Gasteiger partial charge in [-0.3, -0.25) is 9.48 Å². The molecule has 172 valence electrons. The molecule has 0 spiro atoms. The standard InChI is InChI=1S/C22H30N6O3S/c1-14(2)31-21-16(7-5-10-24-21)22-27-18(13-32-22)20(30)26-17-12-25-28(3)19(17)8-4-6-15(23)9-11-29/h5,7,10,12-15,29H,4,6,8-9,11,23H2,1-3H3,(H,26,30)/t15-/m1/s1. The van der Waals surface area contributed by atoms with Crippen LogP contribution in [0.4, 0.5) is 5.69 Å². The molecule has 0 aliphatic rings. The van der Waals surface area contributed by atoms with Crippen molar-refractivity contribution in [3.8, 4) is 16.5 Å². The van der Waals surface area contributed by atoms with Crippen molar-refractivity contribution < 1.29 is 14.6 Å². The second-order valence-electron chi connectivity index (χ2n) is 7.81. The lowest BCUT2D eigenvalue weighted by molar-refractivity contribution is 0.102. The zero-order valence-corrected chi connectivity index (χ0v) is 19.4. The minimum Gasteiger partial charge on any atom is -0.474 e. The fourth-order valence-electron chi connectivity index (χ4n) is 3.26. The van der Waals surface area contributed by atoms with Gasteiger partial charge in [0.2, 0.25) is 5.88 Å². The smallest absolute Gasteiger partial charge is 0.275 e. The molecule has 3 aromatic heterocycles. The number of aryl methyl sites for hydroxylation is 1. The molecule has 0 aromatic carbocycles. The van der Waals surface area contributed by atoms with E-state index in [1.165, 1.54) is 11.3 Å². The van der Waals surface area contributed by atoms with Gasteiger partial charge in [0.15, 0.2) is 0 Å². The Bertz CT molecular complexity index is 1030. The average Bonchev–Trinajstić information content (AvgIpc) is 3.36. The summed E-state index contributed by atoms with van der Waals surface area (Å²) in [4.78, 5) is 21.7. The lowest BCUT2D eigenvalue weighted by atomic mass is 10.1. The molecule has 0 saturated carbocycles. The first-order valence-electron chi connectivity index (χ1n) is 10.6. The molecule has 4 N–H and O–H groups in total. The van der Waals surface area contributed by atoms with Crippen LogP contribution in [-0.2, 0) is 13.5 Å². The monoisotopic (exact) mass is 458 g/mol. The van der Waals surface area contributed by atoms with Crippen LogP contribution in [0.5, 0.6) is 5.88 Å². The Hall–Kier alpha value is -2.82. The summed E-state index contributed by atoms with van der Waals surface area (Å²) in [5.74, 6) is 0.201. The van der Waals surface area contributed by atoms with Crippen LogP contribution in [0.15, 0.2) is 29.9 Å². The number of rotatable bonds is 11. The number of aromatic nitrogens is 4. The van der Waals surface area contributed by atoms with E-state index in [4.69, 9.17) is 15.6 Å². The number of carbonyl (C=O) groups excluding carboxylic acids is 1. The van der Waals surface area contributed by atoms with Crippen LogP contribution in [0.1, 0.15) is 49.3 Å². The first-order chi connectivity index (χ1) is 15.4. The molecule has 0 fully saturated rings. The second kappa shape index (κ2) is 11.2. The van der Waals surface area contributed by atoms with E-state index in [1.807, 2.05) is 33.0 Å². The minimum absolute atomic E-state index is 0.0198. The summed E-state index contributed by atoms with van der Waals surface area (Å²) in [7, 11) is 1.85. The first-order valence-corrected chi connectivity index (χ1v) is 11.5. The number of aliphatic hydroxyl groups is 1. The number of hydrogen-bond donors (Lipinski definition) is 3. The number of aliphatic hydroxyl groups excluding tert-OH is 1. The van der Waals surface area contributed by atoms with Gasteiger partial charge < -0.3 is 20.9 Å². The molecule has 1 atom stereocenters.